The van der Waals surface area contributed by atoms with E-state index >= 15 is 0 Å². The first-order valence-electron chi connectivity index (χ1n) is 11.8. The molecule has 1 fully saturated rings. The Kier molecular flexibility index (Phi) is 10.0. The van der Waals surface area contributed by atoms with Crippen molar-refractivity contribution in [3.63, 3.8) is 0 Å². The summed E-state index contributed by atoms with van der Waals surface area (Å²) in [6, 6.07) is 13.3. The first kappa shape index (κ1) is 27.1. The van der Waals surface area contributed by atoms with Crippen LogP contribution in [0.5, 0.6) is 5.75 Å². The van der Waals surface area contributed by atoms with Gasteiger partial charge in [0.15, 0.2) is 5.11 Å². The van der Waals surface area contributed by atoms with Gasteiger partial charge in [-0.25, -0.2) is 8.42 Å². The molecule has 3 rings (SSSR count). The zero-order valence-electron chi connectivity index (χ0n) is 20.2. The molecule has 0 spiro atoms. The molecule has 0 aliphatic heterocycles. The third-order valence-corrected chi connectivity index (χ3v) is 8.05. The summed E-state index contributed by atoms with van der Waals surface area (Å²) in [5.74, 6) is 0.0203. The standard InChI is InChI=1S/C25H33N3O5S2/c1-3-32-17-18-33-23-12-8-7-11-22(23)24(29)27-25(34)26-19-13-15-21(16-14-19)35(30,31)28(2)20-9-5-4-6-10-20/h7-8,11-16,20H,3-6,9-10,17-18H2,1-2H3,(H2,26,27,29,34). The molecule has 2 aromatic carbocycles. The second-order valence-corrected chi connectivity index (χ2v) is 10.7. The molecule has 0 saturated heterocycles. The lowest BCUT2D eigenvalue weighted by Gasteiger charge is -2.30. The maximum absolute atomic E-state index is 13.0. The van der Waals surface area contributed by atoms with E-state index in [4.69, 9.17) is 21.7 Å². The summed E-state index contributed by atoms with van der Waals surface area (Å²) in [5, 5.41) is 5.65. The first-order chi connectivity index (χ1) is 16.8. The molecule has 0 atom stereocenters. The average Bonchev–Trinajstić information content (AvgIpc) is 2.87. The van der Waals surface area contributed by atoms with Crippen molar-refractivity contribution in [2.75, 3.05) is 32.2 Å². The van der Waals surface area contributed by atoms with Gasteiger partial charge in [-0.05, 0) is 68.4 Å². The fourth-order valence-electron chi connectivity index (χ4n) is 3.99. The van der Waals surface area contributed by atoms with E-state index in [0.29, 0.717) is 36.8 Å². The minimum atomic E-state index is -3.58. The second-order valence-electron chi connectivity index (χ2n) is 8.29. The first-order valence-corrected chi connectivity index (χ1v) is 13.7. The maximum Gasteiger partial charge on any atom is 0.261 e. The highest BCUT2D eigenvalue weighted by molar-refractivity contribution is 7.89. The van der Waals surface area contributed by atoms with Crippen molar-refractivity contribution in [2.45, 2.75) is 50.0 Å². The van der Waals surface area contributed by atoms with Crippen LogP contribution in [-0.2, 0) is 14.8 Å². The number of benzene rings is 2. The number of nitrogens with zero attached hydrogens (tertiary/aromatic N) is 1. The Morgan fingerprint density at radius 3 is 2.43 bits per heavy atom. The maximum atomic E-state index is 13.0. The molecule has 0 aromatic heterocycles. The SMILES string of the molecule is CCOCCOc1ccccc1C(=O)NC(=S)Nc1ccc(S(=O)(=O)N(C)C2CCCCC2)cc1. The van der Waals surface area contributed by atoms with Crippen LogP contribution in [0.2, 0.25) is 0 Å². The van der Waals surface area contributed by atoms with Gasteiger partial charge in [0.1, 0.15) is 12.4 Å². The number of hydrogen-bond donors (Lipinski definition) is 2. The highest BCUT2D eigenvalue weighted by Gasteiger charge is 2.29. The van der Waals surface area contributed by atoms with Crippen LogP contribution in [0.15, 0.2) is 53.4 Å². The van der Waals surface area contributed by atoms with Crippen LogP contribution >= 0.6 is 12.2 Å². The number of ether oxygens (including phenoxy) is 2. The van der Waals surface area contributed by atoms with Gasteiger partial charge in [-0.15, -0.1) is 0 Å². The minimum absolute atomic E-state index is 0.0420. The molecule has 0 bridgehead atoms. The lowest BCUT2D eigenvalue weighted by atomic mass is 9.96. The summed E-state index contributed by atoms with van der Waals surface area (Å²) in [5.41, 5.74) is 0.913. The molecule has 0 heterocycles. The van der Waals surface area contributed by atoms with Gasteiger partial charge in [-0.1, -0.05) is 31.4 Å². The van der Waals surface area contributed by atoms with E-state index < -0.39 is 15.9 Å². The molecule has 2 N–H and O–H groups in total. The summed E-state index contributed by atoms with van der Waals surface area (Å²) in [7, 11) is -1.92. The van der Waals surface area contributed by atoms with Gasteiger partial charge in [0.2, 0.25) is 10.0 Å². The predicted molar refractivity (Wildman–Crippen MR) is 140 cm³/mol. The van der Waals surface area contributed by atoms with Crippen molar-refractivity contribution in [2.24, 2.45) is 0 Å². The second kappa shape index (κ2) is 13.0. The number of para-hydroxylation sites is 1. The number of rotatable bonds is 10. The van der Waals surface area contributed by atoms with Crippen LogP contribution in [0.1, 0.15) is 49.4 Å². The Labute approximate surface area is 213 Å². The van der Waals surface area contributed by atoms with Gasteiger partial charge in [0, 0.05) is 25.4 Å². The third kappa shape index (κ3) is 7.47. The Bertz CT molecular complexity index is 1100. The van der Waals surface area contributed by atoms with Crippen LogP contribution in [-0.4, -0.2) is 56.7 Å². The van der Waals surface area contributed by atoms with Crippen molar-refractivity contribution in [1.82, 2.24) is 9.62 Å². The number of thiocarbonyl (C=S) groups is 1. The van der Waals surface area contributed by atoms with Gasteiger partial charge < -0.3 is 14.8 Å². The Morgan fingerprint density at radius 1 is 1.06 bits per heavy atom. The van der Waals surface area contributed by atoms with Crippen molar-refractivity contribution >= 4 is 38.9 Å². The summed E-state index contributed by atoms with van der Waals surface area (Å²) >= 11 is 5.28. The van der Waals surface area contributed by atoms with E-state index in [1.165, 1.54) is 4.31 Å². The molecule has 1 aliphatic rings. The summed E-state index contributed by atoms with van der Waals surface area (Å²) in [6.07, 6.45) is 5.06. The lowest BCUT2D eigenvalue weighted by molar-refractivity contribution is 0.0958. The molecule has 10 heteroatoms. The third-order valence-electron chi connectivity index (χ3n) is 5.93. The quantitative estimate of drug-likeness (QED) is 0.359. The molecular weight excluding hydrogens is 486 g/mol. The number of carbonyl (C=O) groups is 1. The molecule has 0 radical (unpaired) electrons. The zero-order chi connectivity index (χ0) is 25.3. The van der Waals surface area contributed by atoms with E-state index in [1.54, 1.807) is 55.6 Å². The normalized spacial score (nSPS) is 14.5. The lowest BCUT2D eigenvalue weighted by Crippen LogP contribution is -2.38. The zero-order valence-corrected chi connectivity index (χ0v) is 21.8. The van der Waals surface area contributed by atoms with E-state index in [9.17, 15) is 13.2 Å². The molecule has 1 aliphatic carbocycles. The number of hydrogen-bond acceptors (Lipinski definition) is 6. The minimum Gasteiger partial charge on any atom is -0.490 e. The molecule has 8 nitrogen and oxygen atoms in total. The predicted octanol–water partition coefficient (Wildman–Crippen LogP) is 4.18. The van der Waals surface area contributed by atoms with Crippen LogP contribution in [0.4, 0.5) is 5.69 Å². The number of anilines is 1. The fourth-order valence-corrected chi connectivity index (χ4v) is 5.61. The molecule has 190 valence electrons. The molecule has 1 saturated carbocycles. The largest absolute Gasteiger partial charge is 0.490 e. The highest BCUT2D eigenvalue weighted by atomic mass is 32.2. The van der Waals surface area contributed by atoms with Gasteiger partial charge in [0.25, 0.3) is 5.91 Å². The van der Waals surface area contributed by atoms with Gasteiger partial charge >= 0.3 is 0 Å². The van der Waals surface area contributed by atoms with E-state index in [-0.39, 0.29) is 16.0 Å². The van der Waals surface area contributed by atoms with Crippen molar-refractivity contribution in [1.29, 1.82) is 0 Å². The number of sulfonamides is 1. The molecule has 2 aromatic rings. The van der Waals surface area contributed by atoms with Crippen molar-refractivity contribution in [3.05, 3.63) is 54.1 Å². The smallest absolute Gasteiger partial charge is 0.261 e. The van der Waals surface area contributed by atoms with Gasteiger partial charge in [-0.3, -0.25) is 10.1 Å². The molecular formula is C25H33N3O5S2. The van der Waals surface area contributed by atoms with E-state index in [1.807, 2.05) is 6.92 Å². The Hall–Kier alpha value is -2.53. The van der Waals surface area contributed by atoms with E-state index in [0.717, 1.165) is 32.1 Å². The number of nitrogens with one attached hydrogen (secondary N) is 2. The summed E-state index contributed by atoms with van der Waals surface area (Å²) < 4.78 is 38.4. The summed E-state index contributed by atoms with van der Waals surface area (Å²) in [6.45, 7) is 3.24. The molecule has 35 heavy (non-hydrogen) atoms. The Balaban J connectivity index is 1.58. The van der Waals surface area contributed by atoms with Crippen molar-refractivity contribution in [3.8, 4) is 5.75 Å². The average molecular weight is 520 g/mol. The fraction of sp³-hybridized carbons (Fsp3) is 0.440. The number of carbonyl (C=O) groups excluding carboxylic acids is 1. The van der Waals surface area contributed by atoms with Crippen molar-refractivity contribution < 1.29 is 22.7 Å². The van der Waals surface area contributed by atoms with Gasteiger partial charge in [0.05, 0.1) is 17.1 Å². The Morgan fingerprint density at radius 2 is 1.74 bits per heavy atom. The number of amides is 1. The highest BCUT2D eigenvalue weighted by Crippen LogP contribution is 2.27. The molecule has 0 unspecified atom stereocenters. The van der Waals surface area contributed by atoms with Gasteiger partial charge in [-0.2, -0.15) is 4.31 Å². The topological polar surface area (TPSA) is 97.0 Å². The van der Waals surface area contributed by atoms with E-state index in [2.05, 4.69) is 10.6 Å². The van der Waals surface area contributed by atoms with Crippen LogP contribution in [0, 0.1) is 0 Å². The monoisotopic (exact) mass is 519 g/mol. The molecule has 1 amide bonds. The van der Waals surface area contributed by atoms with Crippen LogP contribution in [0.25, 0.3) is 0 Å². The van der Waals surface area contributed by atoms with Crippen LogP contribution in [0.3, 0.4) is 0 Å². The van der Waals surface area contributed by atoms with Crippen LogP contribution < -0.4 is 15.4 Å². The summed E-state index contributed by atoms with van der Waals surface area (Å²) in [4.78, 5) is 13.0.